The van der Waals surface area contributed by atoms with Gasteiger partial charge in [-0.05, 0) is 34.9 Å². The second-order valence-corrected chi connectivity index (χ2v) is 6.37. The first kappa shape index (κ1) is 14.3. The van der Waals surface area contributed by atoms with Crippen molar-refractivity contribution in [3.63, 3.8) is 0 Å². The molecular weight excluding hydrogens is 280 g/mol. The summed E-state index contributed by atoms with van der Waals surface area (Å²) in [5.41, 5.74) is 2.66. The Hall–Kier alpha value is -2.32. The number of rotatable bonds is 4. The molecule has 116 valence electrons. The van der Waals surface area contributed by atoms with Gasteiger partial charge in [0.05, 0.1) is 0 Å². The number of benzene rings is 3. The maximum absolute atomic E-state index is 3.65. The first-order chi connectivity index (χ1) is 11.4. The third-order valence-electron chi connectivity index (χ3n) is 4.69. The standard InChI is InChI=1S/C21H22N2/c1-2-10-19(11-3-1)22-20-13-14-23(16-20)15-18-9-6-8-17-7-4-5-12-21(17)18/h1-12,20,22H,13-16H2. The van der Waals surface area contributed by atoms with Crippen LogP contribution in [0.2, 0.25) is 0 Å². The van der Waals surface area contributed by atoms with Crippen molar-refractivity contribution in [1.29, 1.82) is 0 Å². The van der Waals surface area contributed by atoms with Crippen LogP contribution in [0.4, 0.5) is 5.69 Å². The molecular formula is C21H22N2. The molecule has 1 fully saturated rings. The highest BCUT2D eigenvalue weighted by molar-refractivity contribution is 5.85. The molecule has 1 heterocycles. The van der Waals surface area contributed by atoms with Crippen LogP contribution in [0.3, 0.4) is 0 Å². The van der Waals surface area contributed by atoms with E-state index in [9.17, 15) is 0 Å². The highest BCUT2D eigenvalue weighted by Gasteiger charge is 2.22. The monoisotopic (exact) mass is 302 g/mol. The van der Waals surface area contributed by atoms with Crippen molar-refractivity contribution in [1.82, 2.24) is 4.90 Å². The molecule has 1 unspecified atom stereocenters. The van der Waals surface area contributed by atoms with Crippen LogP contribution in [0.15, 0.2) is 72.8 Å². The number of fused-ring (bicyclic) bond motifs is 1. The highest BCUT2D eigenvalue weighted by atomic mass is 15.2. The Kier molecular flexibility index (Phi) is 3.99. The van der Waals surface area contributed by atoms with Gasteiger partial charge in [0.2, 0.25) is 0 Å². The molecule has 0 spiro atoms. The maximum Gasteiger partial charge on any atom is 0.0400 e. The zero-order valence-electron chi connectivity index (χ0n) is 13.3. The fourth-order valence-electron chi connectivity index (χ4n) is 3.54. The summed E-state index contributed by atoms with van der Waals surface area (Å²) in [5.74, 6) is 0. The van der Waals surface area contributed by atoms with E-state index in [1.54, 1.807) is 0 Å². The molecule has 23 heavy (non-hydrogen) atoms. The van der Waals surface area contributed by atoms with Gasteiger partial charge in [-0.15, -0.1) is 0 Å². The largest absolute Gasteiger partial charge is 0.381 e. The molecule has 1 saturated heterocycles. The molecule has 3 aromatic rings. The Labute approximate surface area is 137 Å². The Morgan fingerprint density at radius 2 is 1.65 bits per heavy atom. The first-order valence-electron chi connectivity index (χ1n) is 8.39. The summed E-state index contributed by atoms with van der Waals surface area (Å²) >= 11 is 0. The lowest BCUT2D eigenvalue weighted by atomic mass is 10.0. The summed E-state index contributed by atoms with van der Waals surface area (Å²) in [6.07, 6.45) is 1.21. The third-order valence-corrected chi connectivity index (χ3v) is 4.69. The summed E-state index contributed by atoms with van der Waals surface area (Å²) in [6, 6.07) is 26.4. The molecule has 2 nitrogen and oxygen atoms in total. The Morgan fingerprint density at radius 3 is 2.57 bits per heavy atom. The van der Waals surface area contributed by atoms with Crippen molar-refractivity contribution in [2.75, 3.05) is 18.4 Å². The van der Waals surface area contributed by atoms with E-state index >= 15 is 0 Å². The molecule has 1 atom stereocenters. The number of hydrogen-bond donors (Lipinski definition) is 1. The molecule has 1 aliphatic heterocycles. The van der Waals surface area contributed by atoms with Crippen LogP contribution < -0.4 is 5.32 Å². The van der Waals surface area contributed by atoms with E-state index in [0.29, 0.717) is 6.04 Å². The Morgan fingerprint density at radius 1 is 0.870 bits per heavy atom. The average molecular weight is 302 g/mol. The van der Waals surface area contributed by atoms with Crippen LogP contribution in [-0.2, 0) is 6.54 Å². The number of likely N-dealkylation sites (tertiary alicyclic amines) is 1. The first-order valence-corrected chi connectivity index (χ1v) is 8.39. The molecule has 1 aliphatic rings. The van der Waals surface area contributed by atoms with E-state index in [4.69, 9.17) is 0 Å². The van der Waals surface area contributed by atoms with Gasteiger partial charge < -0.3 is 5.32 Å². The molecule has 3 aromatic carbocycles. The lowest BCUT2D eigenvalue weighted by molar-refractivity contribution is 0.330. The topological polar surface area (TPSA) is 15.3 Å². The van der Waals surface area contributed by atoms with E-state index in [1.165, 1.54) is 28.4 Å². The van der Waals surface area contributed by atoms with Gasteiger partial charge in [-0.3, -0.25) is 4.90 Å². The van der Waals surface area contributed by atoms with Gasteiger partial charge in [-0.25, -0.2) is 0 Å². The van der Waals surface area contributed by atoms with Crippen molar-refractivity contribution in [3.05, 3.63) is 78.4 Å². The zero-order chi connectivity index (χ0) is 15.5. The van der Waals surface area contributed by atoms with Gasteiger partial charge >= 0.3 is 0 Å². The van der Waals surface area contributed by atoms with Crippen LogP contribution in [0, 0.1) is 0 Å². The second kappa shape index (κ2) is 6.43. The van der Waals surface area contributed by atoms with Gasteiger partial charge in [0, 0.05) is 31.4 Å². The van der Waals surface area contributed by atoms with Gasteiger partial charge in [-0.2, -0.15) is 0 Å². The maximum atomic E-state index is 3.65. The van der Waals surface area contributed by atoms with Crippen LogP contribution in [0.25, 0.3) is 10.8 Å². The van der Waals surface area contributed by atoms with Crippen LogP contribution >= 0.6 is 0 Å². The fraction of sp³-hybridized carbons (Fsp3) is 0.238. The predicted octanol–water partition coefficient (Wildman–Crippen LogP) is 4.53. The highest BCUT2D eigenvalue weighted by Crippen LogP contribution is 2.23. The lowest BCUT2D eigenvalue weighted by Crippen LogP contribution is -2.26. The van der Waals surface area contributed by atoms with E-state index < -0.39 is 0 Å². The minimum absolute atomic E-state index is 0.548. The van der Waals surface area contributed by atoms with E-state index in [-0.39, 0.29) is 0 Å². The second-order valence-electron chi connectivity index (χ2n) is 6.37. The predicted molar refractivity (Wildman–Crippen MR) is 97.7 cm³/mol. The average Bonchev–Trinajstić information content (AvgIpc) is 3.03. The third kappa shape index (κ3) is 3.22. The SMILES string of the molecule is c1ccc(NC2CCN(Cc3cccc4ccccc34)C2)cc1. The summed E-state index contributed by atoms with van der Waals surface area (Å²) in [5, 5.41) is 6.37. The molecule has 2 heteroatoms. The summed E-state index contributed by atoms with van der Waals surface area (Å²) in [7, 11) is 0. The number of nitrogens with one attached hydrogen (secondary N) is 1. The van der Waals surface area contributed by atoms with Crippen molar-refractivity contribution in [2.24, 2.45) is 0 Å². The van der Waals surface area contributed by atoms with Crippen LogP contribution in [0.5, 0.6) is 0 Å². The lowest BCUT2D eigenvalue weighted by Gasteiger charge is -2.18. The zero-order valence-corrected chi connectivity index (χ0v) is 13.3. The van der Waals surface area contributed by atoms with Gasteiger partial charge in [0.25, 0.3) is 0 Å². The number of para-hydroxylation sites is 1. The molecule has 4 rings (SSSR count). The van der Waals surface area contributed by atoms with E-state index in [2.05, 4.69) is 83.0 Å². The minimum atomic E-state index is 0.548. The number of anilines is 1. The minimum Gasteiger partial charge on any atom is -0.381 e. The number of nitrogens with zero attached hydrogens (tertiary/aromatic N) is 1. The Balaban J connectivity index is 1.44. The van der Waals surface area contributed by atoms with Crippen molar-refractivity contribution < 1.29 is 0 Å². The van der Waals surface area contributed by atoms with Gasteiger partial charge in [0.15, 0.2) is 0 Å². The van der Waals surface area contributed by atoms with E-state index in [1.807, 2.05) is 0 Å². The molecule has 0 radical (unpaired) electrons. The molecule has 0 saturated carbocycles. The van der Waals surface area contributed by atoms with Gasteiger partial charge in [0.1, 0.15) is 0 Å². The molecule has 0 amide bonds. The van der Waals surface area contributed by atoms with Crippen LogP contribution in [-0.4, -0.2) is 24.0 Å². The molecule has 1 N–H and O–H groups in total. The molecule has 0 bridgehead atoms. The van der Waals surface area contributed by atoms with Gasteiger partial charge in [-0.1, -0.05) is 60.7 Å². The fourth-order valence-corrected chi connectivity index (χ4v) is 3.54. The molecule has 0 aromatic heterocycles. The van der Waals surface area contributed by atoms with E-state index in [0.717, 1.165) is 19.6 Å². The smallest absolute Gasteiger partial charge is 0.0400 e. The summed E-state index contributed by atoms with van der Waals surface area (Å²) in [4.78, 5) is 2.56. The van der Waals surface area contributed by atoms with Crippen molar-refractivity contribution >= 4 is 16.5 Å². The van der Waals surface area contributed by atoms with Crippen molar-refractivity contribution in [2.45, 2.75) is 19.0 Å². The normalized spacial score (nSPS) is 18.3. The van der Waals surface area contributed by atoms with Crippen LogP contribution in [0.1, 0.15) is 12.0 Å². The Bertz CT molecular complexity index is 777. The molecule has 0 aliphatic carbocycles. The summed E-state index contributed by atoms with van der Waals surface area (Å²) in [6.45, 7) is 3.31. The number of hydrogen-bond acceptors (Lipinski definition) is 2. The van der Waals surface area contributed by atoms with Crippen molar-refractivity contribution in [3.8, 4) is 0 Å². The quantitative estimate of drug-likeness (QED) is 0.762. The summed E-state index contributed by atoms with van der Waals surface area (Å²) < 4.78 is 0.